The highest BCUT2D eigenvalue weighted by molar-refractivity contribution is 5.94. The first kappa shape index (κ1) is 15.2. The molecule has 0 radical (unpaired) electrons. The van der Waals surface area contributed by atoms with Gasteiger partial charge in [-0.3, -0.25) is 0 Å². The van der Waals surface area contributed by atoms with E-state index in [-0.39, 0.29) is 17.0 Å². The molecule has 0 saturated carbocycles. The molecule has 2 rings (SSSR count). The van der Waals surface area contributed by atoms with Crippen molar-refractivity contribution >= 4 is 17.9 Å². The number of hydrogen-bond acceptors (Lipinski definition) is 6. The molecule has 0 amide bonds. The predicted molar refractivity (Wildman–Crippen MR) is 73.2 cm³/mol. The van der Waals surface area contributed by atoms with Gasteiger partial charge in [-0.2, -0.15) is 5.10 Å². The molecule has 0 aliphatic rings. The summed E-state index contributed by atoms with van der Waals surface area (Å²) in [5, 5.41) is 12.9. The summed E-state index contributed by atoms with van der Waals surface area (Å²) in [6, 6.07) is 6.88. The Hall–Kier alpha value is -3.16. The zero-order chi connectivity index (χ0) is 16.3. The SMILES string of the molecule is COC(=O)c1cc(C(=O)OC)n(-c2ccc(C(=O)O)cc2)n1. The molecule has 0 unspecified atom stereocenters. The number of methoxy groups -OCH3 is 2. The molecule has 0 spiro atoms. The van der Waals surface area contributed by atoms with Crippen molar-refractivity contribution in [2.45, 2.75) is 0 Å². The van der Waals surface area contributed by atoms with E-state index in [4.69, 9.17) is 5.11 Å². The Morgan fingerprint density at radius 2 is 1.64 bits per heavy atom. The van der Waals surface area contributed by atoms with Crippen molar-refractivity contribution in [1.82, 2.24) is 9.78 Å². The number of ether oxygens (including phenoxy) is 2. The summed E-state index contributed by atoms with van der Waals surface area (Å²) in [6.45, 7) is 0. The van der Waals surface area contributed by atoms with E-state index in [0.29, 0.717) is 5.69 Å². The van der Waals surface area contributed by atoms with Crippen LogP contribution in [0.3, 0.4) is 0 Å². The Kier molecular flexibility index (Phi) is 4.21. The number of nitrogens with zero attached hydrogens (tertiary/aromatic N) is 2. The minimum Gasteiger partial charge on any atom is -0.478 e. The predicted octanol–water partition coefficient (Wildman–Crippen LogP) is 1.14. The lowest BCUT2D eigenvalue weighted by molar-refractivity contribution is 0.0585. The second-order valence-corrected chi connectivity index (χ2v) is 4.16. The molecule has 8 nitrogen and oxygen atoms in total. The summed E-state index contributed by atoms with van der Waals surface area (Å²) < 4.78 is 10.4. The number of aromatic nitrogens is 2. The van der Waals surface area contributed by atoms with Crippen LogP contribution in [0.25, 0.3) is 5.69 Å². The number of rotatable bonds is 4. The highest BCUT2D eigenvalue weighted by atomic mass is 16.5. The molecule has 0 saturated heterocycles. The highest BCUT2D eigenvalue weighted by Crippen LogP contribution is 2.15. The maximum absolute atomic E-state index is 11.8. The first-order chi connectivity index (χ1) is 10.5. The Morgan fingerprint density at radius 1 is 1.05 bits per heavy atom. The van der Waals surface area contributed by atoms with E-state index in [2.05, 4.69) is 14.6 Å². The van der Waals surface area contributed by atoms with Crippen LogP contribution >= 0.6 is 0 Å². The summed E-state index contributed by atoms with van der Waals surface area (Å²) in [4.78, 5) is 34.2. The van der Waals surface area contributed by atoms with Gasteiger partial charge in [-0.1, -0.05) is 0 Å². The van der Waals surface area contributed by atoms with Crippen LogP contribution in [-0.2, 0) is 9.47 Å². The van der Waals surface area contributed by atoms with Crippen molar-refractivity contribution in [3.63, 3.8) is 0 Å². The molecule has 0 atom stereocenters. The van der Waals surface area contributed by atoms with Crippen molar-refractivity contribution in [2.75, 3.05) is 14.2 Å². The normalized spacial score (nSPS) is 10.1. The van der Waals surface area contributed by atoms with Gasteiger partial charge < -0.3 is 14.6 Å². The molecule has 8 heteroatoms. The molecule has 0 aliphatic heterocycles. The van der Waals surface area contributed by atoms with Gasteiger partial charge in [0, 0.05) is 6.07 Å². The first-order valence-electron chi connectivity index (χ1n) is 6.08. The highest BCUT2D eigenvalue weighted by Gasteiger charge is 2.21. The molecule has 114 valence electrons. The summed E-state index contributed by atoms with van der Waals surface area (Å²) in [6.07, 6.45) is 0. The fourth-order valence-electron chi connectivity index (χ4n) is 1.78. The number of aromatic carboxylic acids is 1. The van der Waals surface area contributed by atoms with Gasteiger partial charge in [-0.15, -0.1) is 0 Å². The Labute approximate surface area is 124 Å². The quantitative estimate of drug-likeness (QED) is 0.844. The maximum Gasteiger partial charge on any atom is 0.358 e. The van der Waals surface area contributed by atoms with Crippen LogP contribution in [0.4, 0.5) is 0 Å². The van der Waals surface area contributed by atoms with Gasteiger partial charge in [-0.25, -0.2) is 19.1 Å². The number of esters is 2. The van der Waals surface area contributed by atoms with E-state index in [9.17, 15) is 14.4 Å². The molecule has 0 aliphatic carbocycles. The van der Waals surface area contributed by atoms with E-state index in [1.165, 1.54) is 49.2 Å². The molecule has 1 N–H and O–H groups in total. The number of carboxylic acids is 1. The van der Waals surface area contributed by atoms with E-state index < -0.39 is 17.9 Å². The second kappa shape index (κ2) is 6.08. The summed E-state index contributed by atoms with van der Waals surface area (Å²) >= 11 is 0. The minimum atomic E-state index is -1.07. The van der Waals surface area contributed by atoms with Crippen molar-refractivity contribution in [1.29, 1.82) is 0 Å². The molecule has 0 fully saturated rings. The summed E-state index contributed by atoms with van der Waals surface area (Å²) in [5.74, 6) is -2.47. The first-order valence-corrected chi connectivity index (χ1v) is 6.08. The van der Waals surface area contributed by atoms with E-state index in [1.807, 2.05) is 0 Å². The van der Waals surface area contributed by atoms with Crippen molar-refractivity contribution in [3.05, 3.63) is 47.3 Å². The van der Waals surface area contributed by atoms with Gasteiger partial charge in [0.2, 0.25) is 0 Å². The van der Waals surface area contributed by atoms with Crippen molar-refractivity contribution in [2.24, 2.45) is 0 Å². The van der Waals surface area contributed by atoms with Crippen LogP contribution in [0, 0.1) is 0 Å². The Balaban J connectivity index is 2.52. The molecule has 1 aromatic heterocycles. The van der Waals surface area contributed by atoms with Crippen LogP contribution in [0.1, 0.15) is 31.3 Å². The number of hydrogen-bond donors (Lipinski definition) is 1. The number of carbonyl (C=O) groups excluding carboxylic acids is 2. The van der Waals surface area contributed by atoms with Crippen LogP contribution in [0.15, 0.2) is 30.3 Å². The molecule has 0 bridgehead atoms. The monoisotopic (exact) mass is 304 g/mol. The standard InChI is InChI=1S/C14H12N2O6/c1-21-13(19)10-7-11(14(20)22-2)16(15-10)9-5-3-8(4-6-9)12(17)18/h3-7H,1-2H3,(H,17,18). The van der Waals surface area contributed by atoms with Gasteiger partial charge in [0.25, 0.3) is 0 Å². The van der Waals surface area contributed by atoms with Gasteiger partial charge in [0.05, 0.1) is 25.5 Å². The molecule has 1 heterocycles. The molecular formula is C14H12N2O6. The van der Waals surface area contributed by atoms with Gasteiger partial charge in [0.15, 0.2) is 11.4 Å². The van der Waals surface area contributed by atoms with Crippen LogP contribution in [-0.4, -0.2) is 47.0 Å². The molecule has 1 aromatic carbocycles. The maximum atomic E-state index is 11.8. The lowest BCUT2D eigenvalue weighted by atomic mass is 10.2. The zero-order valence-electron chi connectivity index (χ0n) is 11.8. The lowest BCUT2D eigenvalue weighted by Gasteiger charge is -2.06. The van der Waals surface area contributed by atoms with Gasteiger partial charge in [0.1, 0.15) is 0 Å². The summed E-state index contributed by atoms with van der Waals surface area (Å²) in [7, 11) is 2.39. The van der Waals surface area contributed by atoms with E-state index >= 15 is 0 Å². The molecule has 2 aromatic rings. The minimum absolute atomic E-state index is 0.0194. The fourth-order valence-corrected chi connectivity index (χ4v) is 1.78. The number of carbonyl (C=O) groups is 3. The second-order valence-electron chi connectivity index (χ2n) is 4.16. The van der Waals surface area contributed by atoms with Crippen molar-refractivity contribution in [3.8, 4) is 5.69 Å². The van der Waals surface area contributed by atoms with Crippen molar-refractivity contribution < 1.29 is 29.0 Å². The van der Waals surface area contributed by atoms with E-state index in [1.54, 1.807) is 0 Å². The van der Waals surface area contributed by atoms with Crippen LogP contribution < -0.4 is 0 Å². The third-order valence-corrected chi connectivity index (χ3v) is 2.86. The average Bonchev–Trinajstić information content (AvgIpc) is 2.98. The Morgan fingerprint density at radius 3 is 2.14 bits per heavy atom. The fraction of sp³-hybridized carbons (Fsp3) is 0.143. The van der Waals surface area contributed by atoms with E-state index in [0.717, 1.165) is 0 Å². The van der Waals surface area contributed by atoms with Gasteiger partial charge >= 0.3 is 17.9 Å². The smallest absolute Gasteiger partial charge is 0.358 e. The average molecular weight is 304 g/mol. The lowest BCUT2D eigenvalue weighted by Crippen LogP contribution is -2.10. The number of benzene rings is 1. The van der Waals surface area contributed by atoms with Gasteiger partial charge in [-0.05, 0) is 24.3 Å². The third kappa shape index (κ3) is 2.80. The van der Waals surface area contributed by atoms with Crippen LogP contribution in [0.5, 0.6) is 0 Å². The Bertz CT molecular complexity index is 732. The third-order valence-electron chi connectivity index (χ3n) is 2.86. The molecule has 22 heavy (non-hydrogen) atoms. The summed E-state index contributed by atoms with van der Waals surface area (Å²) in [5.41, 5.74) is 0.445. The molecular weight excluding hydrogens is 292 g/mol. The zero-order valence-corrected chi connectivity index (χ0v) is 11.8. The largest absolute Gasteiger partial charge is 0.478 e. The number of carboxylic acid groups (broad SMARTS) is 1. The van der Waals surface area contributed by atoms with Crippen LogP contribution in [0.2, 0.25) is 0 Å². The topological polar surface area (TPSA) is 108 Å².